The summed E-state index contributed by atoms with van der Waals surface area (Å²) in [4.78, 5) is 0. The van der Waals surface area contributed by atoms with E-state index in [-0.39, 0.29) is 11.7 Å². The Bertz CT molecular complexity index is 515. The molecule has 1 unspecified atom stereocenters. The molecule has 1 aromatic rings. The molecule has 0 radical (unpaired) electrons. The van der Waals surface area contributed by atoms with Gasteiger partial charge in [0.05, 0.1) is 0 Å². The third kappa shape index (κ3) is 2.83. The first-order chi connectivity index (χ1) is 8.31. The van der Waals surface area contributed by atoms with Gasteiger partial charge in [-0.2, -0.15) is 4.39 Å². The van der Waals surface area contributed by atoms with Gasteiger partial charge in [0.15, 0.2) is 5.83 Å². The van der Waals surface area contributed by atoms with E-state index >= 15 is 0 Å². The molecule has 1 atom stereocenters. The first kappa shape index (κ1) is 11.6. The van der Waals surface area contributed by atoms with E-state index in [1.807, 2.05) is 30.3 Å². The summed E-state index contributed by atoms with van der Waals surface area (Å²) in [6, 6.07) is 10.0. The predicted octanol–water partition coefficient (Wildman–Crippen LogP) is 3.22. The van der Waals surface area contributed by atoms with Gasteiger partial charge < -0.3 is 5.73 Å². The van der Waals surface area contributed by atoms with Crippen molar-refractivity contribution in [1.29, 1.82) is 0 Å². The Kier molecular flexibility index (Phi) is 3.74. The summed E-state index contributed by atoms with van der Waals surface area (Å²) in [6.07, 6.45) is 4.07. The zero-order chi connectivity index (χ0) is 12.1. The van der Waals surface area contributed by atoms with Gasteiger partial charge in [-0.05, 0) is 42.0 Å². The number of rotatable bonds is 4. The Morgan fingerprint density at radius 3 is 2.65 bits per heavy atom. The van der Waals surface area contributed by atoms with Crippen molar-refractivity contribution in [3.05, 3.63) is 70.9 Å². The molecule has 1 aromatic carbocycles. The average Bonchev–Trinajstić information content (AvgIpc) is 2.37. The Labute approximate surface area is 100 Å². The number of halogens is 1. The second-order valence-electron chi connectivity index (χ2n) is 3.95. The minimum Gasteiger partial charge on any atom is -0.330 e. The van der Waals surface area contributed by atoms with Crippen LogP contribution in [0.25, 0.3) is 0 Å². The van der Waals surface area contributed by atoms with E-state index in [0.717, 1.165) is 17.6 Å². The monoisotopic (exact) mass is 227 g/mol. The van der Waals surface area contributed by atoms with Crippen LogP contribution in [0.5, 0.6) is 0 Å². The molecule has 0 amide bonds. The fourth-order valence-electron chi connectivity index (χ4n) is 1.99. The Morgan fingerprint density at radius 2 is 2.00 bits per heavy atom. The topological polar surface area (TPSA) is 26.0 Å². The molecule has 0 fully saturated rings. The fraction of sp³-hybridized carbons (Fsp3) is 0.200. The van der Waals surface area contributed by atoms with Gasteiger partial charge in [-0.15, -0.1) is 0 Å². The maximum atomic E-state index is 13.2. The van der Waals surface area contributed by atoms with Crippen LogP contribution in [-0.4, -0.2) is 6.54 Å². The quantitative estimate of drug-likeness (QED) is 0.785. The smallest absolute Gasteiger partial charge is 0.173 e. The summed E-state index contributed by atoms with van der Waals surface area (Å²) in [5.41, 5.74) is 12.8. The van der Waals surface area contributed by atoms with Gasteiger partial charge in [0.1, 0.15) is 0 Å². The van der Waals surface area contributed by atoms with Gasteiger partial charge in [0.2, 0.25) is 0 Å². The van der Waals surface area contributed by atoms with Crippen molar-refractivity contribution in [3.63, 3.8) is 0 Å². The lowest BCUT2D eigenvalue weighted by molar-refractivity contribution is 0.658. The molecule has 17 heavy (non-hydrogen) atoms. The van der Waals surface area contributed by atoms with Crippen LogP contribution in [0.2, 0.25) is 0 Å². The highest BCUT2D eigenvalue weighted by atomic mass is 19.1. The molecule has 86 valence electrons. The summed E-state index contributed by atoms with van der Waals surface area (Å²) in [7, 11) is 0. The lowest BCUT2D eigenvalue weighted by Gasteiger charge is -2.18. The fourth-order valence-corrected chi connectivity index (χ4v) is 1.99. The zero-order valence-corrected chi connectivity index (χ0v) is 9.49. The van der Waals surface area contributed by atoms with Crippen molar-refractivity contribution in [2.75, 3.05) is 6.54 Å². The van der Waals surface area contributed by atoms with Crippen LogP contribution in [0, 0.1) is 0 Å². The third-order valence-corrected chi connectivity index (χ3v) is 2.78. The van der Waals surface area contributed by atoms with Crippen molar-refractivity contribution >= 4 is 0 Å². The van der Waals surface area contributed by atoms with Crippen molar-refractivity contribution in [2.24, 2.45) is 5.73 Å². The summed E-state index contributed by atoms with van der Waals surface area (Å²) in [5, 5.41) is 0. The molecule has 0 spiro atoms. The van der Waals surface area contributed by atoms with Crippen LogP contribution in [0.1, 0.15) is 17.9 Å². The zero-order valence-electron chi connectivity index (χ0n) is 9.49. The van der Waals surface area contributed by atoms with Gasteiger partial charge in [-0.25, -0.2) is 0 Å². The SMILES string of the molecule is NCCC(C1=CC(F)=C=C=C1)c1ccccc1. The van der Waals surface area contributed by atoms with E-state index in [1.165, 1.54) is 6.08 Å². The van der Waals surface area contributed by atoms with E-state index in [2.05, 4.69) is 11.5 Å². The second kappa shape index (κ2) is 5.47. The molecule has 0 saturated carbocycles. The van der Waals surface area contributed by atoms with Crippen LogP contribution in [0.3, 0.4) is 0 Å². The molecule has 1 nitrogen and oxygen atoms in total. The minimum absolute atomic E-state index is 0.126. The van der Waals surface area contributed by atoms with Gasteiger partial charge in [0.25, 0.3) is 0 Å². The molecule has 2 rings (SSSR count). The van der Waals surface area contributed by atoms with Crippen LogP contribution in [-0.2, 0) is 0 Å². The maximum absolute atomic E-state index is 13.2. The number of benzene rings is 1. The van der Waals surface area contributed by atoms with Crippen LogP contribution >= 0.6 is 0 Å². The molecule has 0 bridgehead atoms. The minimum atomic E-state index is -0.375. The van der Waals surface area contributed by atoms with Crippen molar-refractivity contribution in [1.82, 2.24) is 0 Å². The molecule has 1 aliphatic rings. The first-order valence-electron chi connectivity index (χ1n) is 5.65. The number of nitrogens with two attached hydrogens (primary N) is 1. The second-order valence-corrected chi connectivity index (χ2v) is 3.95. The molecule has 0 heterocycles. The summed E-state index contributed by atoms with van der Waals surface area (Å²) in [6.45, 7) is 0.569. The van der Waals surface area contributed by atoms with Gasteiger partial charge in [0, 0.05) is 5.92 Å². The Hall–Kier alpha value is -1.85. The molecule has 2 heteroatoms. The van der Waals surface area contributed by atoms with E-state index in [9.17, 15) is 4.39 Å². The van der Waals surface area contributed by atoms with Gasteiger partial charge >= 0.3 is 0 Å². The van der Waals surface area contributed by atoms with E-state index in [4.69, 9.17) is 5.73 Å². The van der Waals surface area contributed by atoms with Gasteiger partial charge in [-0.1, -0.05) is 36.1 Å². The average molecular weight is 227 g/mol. The Balaban J connectivity index is 2.32. The highest BCUT2D eigenvalue weighted by Gasteiger charge is 2.15. The number of allylic oxidation sites excluding steroid dienone is 4. The van der Waals surface area contributed by atoms with Crippen LogP contribution < -0.4 is 5.73 Å². The van der Waals surface area contributed by atoms with Gasteiger partial charge in [-0.3, -0.25) is 0 Å². The summed E-state index contributed by atoms with van der Waals surface area (Å²) >= 11 is 0. The normalized spacial score (nSPS) is 15.4. The first-order valence-corrected chi connectivity index (χ1v) is 5.65. The molecular formula is C15H14FN. The standard InChI is InChI=1S/C15H14FN/c16-14-8-4-7-13(11-14)15(9-10-17)12-5-2-1-3-6-12/h1-3,5-7,11,15H,9-10,17H2. The molecule has 0 aromatic heterocycles. The van der Waals surface area contributed by atoms with Crippen molar-refractivity contribution in [3.8, 4) is 0 Å². The van der Waals surface area contributed by atoms with Crippen LogP contribution in [0.15, 0.2) is 65.3 Å². The van der Waals surface area contributed by atoms with E-state index < -0.39 is 0 Å². The molecule has 0 saturated heterocycles. The van der Waals surface area contributed by atoms with E-state index in [0.29, 0.717) is 6.54 Å². The molecular weight excluding hydrogens is 213 g/mol. The largest absolute Gasteiger partial charge is 0.330 e. The highest BCUT2D eigenvalue weighted by molar-refractivity contribution is 5.40. The number of hydrogen-bond acceptors (Lipinski definition) is 1. The van der Waals surface area contributed by atoms with Crippen LogP contribution in [0.4, 0.5) is 4.39 Å². The molecule has 0 aliphatic heterocycles. The lowest BCUT2D eigenvalue weighted by atomic mass is 9.87. The third-order valence-electron chi connectivity index (χ3n) is 2.78. The number of hydrogen-bond donors (Lipinski definition) is 1. The molecule has 2 N–H and O–H groups in total. The molecule has 1 aliphatic carbocycles. The van der Waals surface area contributed by atoms with Crippen molar-refractivity contribution in [2.45, 2.75) is 12.3 Å². The van der Waals surface area contributed by atoms with Crippen molar-refractivity contribution < 1.29 is 4.39 Å². The lowest BCUT2D eigenvalue weighted by Crippen LogP contribution is -2.09. The summed E-state index contributed by atoms with van der Waals surface area (Å²) < 4.78 is 13.2. The van der Waals surface area contributed by atoms with E-state index in [1.54, 1.807) is 6.08 Å². The maximum Gasteiger partial charge on any atom is 0.173 e. The highest BCUT2D eigenvalue weighted by Crippen LogP contribution is 2.30. The predicted molar refractivity (Wildman–Crippen MR) is 67.2 cm³/mol. The summed E-state index contributed by atoms with van der Waals surface area (Å²) in [5.74, 6) is -0.248. The Morgan fingerprint density at radius 1 is 1.24 bits per heavy atom.